The molecule has 3 N–H and O–H groups in total. The molecule has 20 heavy (non-hydrogen) atoms. The molecular weight excluding hydrogens is 256 g/mol. The fourth-order valence-electron chi connectivity index (χ4n) is 1.65. The summed E-state index contributed by atoms with van der Waals surface area (Å²) in [5.41, 5.74) is 7.23. The second-order valence-corrected chi connectivity index (χ2v) is 3.94. The highest BCUT2D eigenvalue weighted by molar-refractivity contribution is 6.08. The standard InChI is InChI=1S/C14H12N4O2/c1-20-13-6-9(7-15)2-3-12(13)18-14(19)10-8-17-5-4-11(10)16/h2-6,8H,1H3,(H2,16,17)(H,18,19). The molecule has 0 aliphatic rings. The van der Waals surface area contributed by atoms with Gasteiger partial charge >= 0.3 is 0 Å². The van der Waals surface area contributed by atoms with Crippen LogP contribution in [0, 0.1) is 11.3 Å². The lowest BCUT2D eigenvalue weighted by Crippen LogP contribution is -2.15. The summed E-state index contributed by atoms with van der Waals surface area (Å²) in [6.07, 6.45) is 2.90. The number of carbonyl (C=O) groups excluding carboxylic acids is 1. The number of hydrogen-bond acceptors (Lipinski definition) is 5. The van der Waals surface area contributed by atoms with Gasteiger partial charge in [0.15, 0.2) is 0 Å². The number of nitrogens with two attached hydrogens (primary N) is 1. The van der Waals surface area contributed by atoms with E-state index < -0.39 is 5.91 Å². The number of methoxy groups -OCH3 is 1. The molecule has 0 saturated carbocycles. The maximum absolute atomic E-state index is 12.1. The van der Waals surface area contributed by atoms with Gasteiger partial charge in [0.25, 0.3) is 5.91 Å². The molecule has 0 atom stereocenters. The summed E-state index contributed by atoms with van der Waals surface area (Å²) < 4.78 is 5.14. The van der Waals surface area contributed by atoms with Crippen molar-refractivity contribution in [1.82, 2.24) is 4.98 Å². The van der Waals surface area contributed by atoms with Gasteiger partial charge in [-0.25, -0.2) is 0 Å². The topological polar surface area (TPSA) is 101 Å². The van der Waals surface area contributed by atoms with Gasteiger partial charge in [-0.15, -0.1) is 0 Å². The van der Waals surface area contributed by atoms with Crippen LogP contribution in [0.5, 0.6) is 5.75 Å². The van der Waals surface area contributed by atoms with Crippen molar-refractivity contribution in [2.45, 2.75) is 0 Å². The minimum atomic E-state index is -0.390. The minimum Gasteiger partial charge on any atom is -0.495 e. The molecule has 1 heterocycles. The molecule has 0 unspecified atom stereocenters. The Hall–Kier alpha value is -3.07. The summed E-state index contributed by atoms with van der Waals surface area (Å²) in [4.78, 5) is 16.0. The van der Waals surface area contributed by atoms with Gasteiger partial charge in [0, 0.05) is 24.1 Å². The van der Waals surface area contributed by atoms with Crippen LogP contribution in [0.25, 0.3) is 0 Å². The number of carbonyl (C=O) groups is 1. The smallest absolute Gasteiger partial charge is 0.259 e. The van der Waals surface area contributed by atoms with Gasteiger partial charge in [-0.05, 0) is 18.2 Å². The highest BCUT2D eigenvalue weighted by Crippen LogP contribution is 2.26. The predicted molar refractivity (Wildman–Crippen MR) is 74.3 cm³/mol. The van der Waals surface area contributed by atoms with Crippen LogP contribution in [-0.4, -0.2) is 18.0 Å². The van der Waals surface area contributed by atoms with Crippen molar-refractivity contribution in [3.63, 3.8) is 0 Å². The molecule has 100 valence electrons. The van der Waals surface area contributed by atoms with Crippen LogP contribution in [0.2, 0.25) is 0 Å². The Labute approximate surface area is 115 Å². The zero-order valence-corrected chi connectivity index (χ0v) is 10.8. The van der Waals surface area contributed by atoms with E-state index in [2.05, 4.69) is 10.3 Å². The minimum absolute atomic E-state index is 0.277. The first-order chi connectivity index (χ1) is 9.65. The number of pyridine rings is 1. The first kappa shape index (κ1) is 13.4. The molecule has 0 radical (unpaired) electrons. The Morgan fingerprint density at radius 1 is 1.45 bits per heavy atom. The van der Waals surface area contributed by atoms with E-state index in [1.165, 1.54) is 19.5 Å². The quantitative estimate of drug-likeness (QED) is 0.883. The van der Waals surface area contributed by atoms with E-state index in [0.29, 0.717) is 22.7 Å². The fraction of sp³-hybridized carbons (Fsp3) is 0.0714. The van der Waals surface area contributed by atoms with Crippen molar-refractivity contribution >= 4 is 17.3 Å². The molecule has 0 aliphatic heterocycles. The molecule has 0 fully saturated rings. The SMILES string of the molecule is COc1cc(C#N)ccc1NC(=O)c1cnccc1N. The first-order valence-corrected chi connectivity index (χ1v) is 5.74. The lowest BCUT2D eigenvalue weighted by molar-refractivity contribution is 0.102. The number of amides is 1. The second-order valence-electron chi connectivity index (χ2n) is 3.94. The molecule has 0 saturated heterocycles. The molecule has 1 aromatic heterocycles. The summed E-state index contributed by atoms with van der Waals surface area (Å²) in [5.74, 6) is 0.0125. The molecule has 1 amide bonds. The summed E-state index contributed by atoms with van der Waals surface area (Å²) in [6, 6.07) is 8.28. The van der Waals surface area contributed by atoms with E-state index in [1.807, 2.05) is 6.07 Å². The molecule has 1 aromatic carbocycles. The highest BCUT2D eigenvalue weighted by atomic mass is 16.5. The van der Waals surface area contributed by atoms with E-state index in [9.17, 15) is 4.79 Å². The van der Waals surface area contributed by atoms with Gasteiger partial charge < -0.3 is 15.8 Å². The molecule has 6 heteroatoms. The van der Waals surface area contributed by atoms with E-state index in [-0.39, 0.29) is 5.56 Å². The lowest BCUT2D eigenvalue weighted by atomic mass is 10.2. The third kappa shape index (κ3) is 2.67. The normalized spacial score (nSPS) is 9.60. The molecular formula is C14H12N4O2. The van der Waals surface area contributed by atoms with Gasteiger partial charge in [0.1, 0.15) is 5.75 Å². The number of rotatable bonds is 3. The number of hydrogen-bond donors (Lipinski definition) is 2. The van der Waals surface area contributed by atoms with Gasteiger partial charge in [0.2, 0.25) is 0 Å². The van der Waals surface area contributed by atoms with Gasteiger partial charge in [-0.2, -0.15) is 5.26 Å². The van der Waals surface area contributed by atoms with E-state index in [0.717, 1.165) is 0 Å². The van der Waals surface area contributed by atoms with Crippen molar-refractivity contribution in [2.75, 3.05) is 18.2 Å². The van der Waals surface area contributed by atoms with Crippen LogP contribution >= 0.6 is 0 Å². The summed E-state index contributed by atoms with van der Waals surface area (Å²) in [5, 5.41) is 11.5. The molecule has 2 rings (SSSR count). The van der Waals surface area contributed by atoms with Crippen LogP contribution in [0.4, 0.5) is 11.4 Å². The van der Waals surface area contributed by atoms with Crippen LogP contribution in [-0.2, 0) is 0 Å². The Morgan fingerprint density at radius 2 is 2.25 bits per heavy atom. The number of nitrogen functional groups attached to an aromatic ring is 1. The number of nitrogens with one attached hydrogen (secondary N) is 1. The molecule has 0 bridgehead atoms. The Morgan fingerprint density at radius 3 is 2.90 bits per heavy atom. The molecule has 0 aliphatic carbocycles. The molecule has 6 nitrogen and oxygen atoms in total. The Kier molecular flexibility index (Phi) is 3.82. The molecule has 0 spiro atoms. The summed E-state index contributed by atoms with van der Waals surface area (Å²) >= 11 is 0. The monoisotopic (exact) mass is 268 g/mol. The van der Waals surface area contributed by atoms with E-state index in [1.54, 1.807) is 24.3 Å². The number of benzene rings is 1. The first-order valence-electron chi connectivity index (χ1n) is 5.74. The van der Waals surface area contributed by atoms with Crippen molar-refractivity contribution in [2.24, 2.45) is 0 Å². The maximum Gasteiger partial charge on any atom is 0.259 e. The van der Waals surface area contributed by atoms with Crippen molar-refractivity contribution < 1.29 is 9.53 Å². The van der Waals surface area contributed by atoms with Crippen molar-refractivity contribution in [3.05, 3.63) is 47.8 Å². The van der Waals surface area contributed by atoms with Crippen molar-refractivity contribution in [3.8, 4) is 11.8 Å². The predicted octanol–water partition coefficient (Wildman–Crippen LogP) is 1.80. The number of ether oxygens (including phenoxy) is 1. The third-order valence-electron chi connectivity index (χ3n) is 2.68. The van der Waals surface area contributed by atoms with Crippen LogP contribution < -0.4 is 15.8 Å². The van der Waals surface area contributed by atoms with Crippen LogP contribution in [0.3, 0.4) is 0 Å². The highest BCUT2D eigenvalue weighted by Gasteiger charge is 2.12. The number of aromatic nitrogens is 1. The molecule has 2 aromatic rings. The number of anilines is 2. The van der Waals surface area contributed by atoms with Gasteiger partial charge in [0.05, 0.1) is 30.0 Å². The number of nitriles is 1. The zero-order valence-electron chi connectivity index (χ0n) is 10.8. The maximum atomic E-state index is 12.1. The number of nitrogens with zero attached hydrogens (tertiary/aromatic N) is 2. The van der Waals surface area contributed by atoms with E-state index >= 15 is 0 Å². The van der Waals surface area contributed by atoms with Crippen LogP contribution in [0.15, 0.2) is 36.7 Å². The second kappa shape index (κ2) is 5.71. The lowest BCUT2D eigenvalue weighted by Gasteiger charge is -2.11. The fourth-order valence-corrected chi connectivity index (χ4v) is 1.65. The zero-order chi connectivity index (χ0) is 14.5. The largest absolute Gasteiger partial charge is 0.495 e. The Balaban J connectivity index is 2.29. The average molecular weight is 268 g/mol. The van der Waals surface area contributed by atoms with Gasteiger partial charge in [-0.3, -0.25) is 9.78 Å². The third-order valence-corrected chi connectivity index (χ3v) is 2.68. The van der Waals surface area contributed by atoms with Gasteiger partial charge in [-0.1, -0.05) is 0 Å². The van der Waals surface area contributed by atoms with Crippen LogP contribution in [0.1, 0.15) is 15.9 Å². The average Bonchev–Trinajstić information content (AvgIpc) is 2.48. The van der Waals surface area contributed by atoms with E-state index in [4.69, 9.17) is 15.7 Å². The van der Waals surface area contributed by atoms with Crippen molar-refractivity contribution in [1.29, 1.82) is 5.26 Å². The summed E-state index contributed by atoms with van der Waals surface area (Å²) in [7, 11) is 1.46. The summed E-state index contributed by atoms with van der Waals surface area (Å²) in [6.45, 7) is 0. The Bertz CT molecular complexity index is 692.